The summed E-state index contributed by atoms with van der Waals surface area (Å²) in [4.78, 5) is 0. The molecule has 0 aliphatic rings. The van der Waals surface area contributed by atoms with Gasteiger partial charge in [0.05, 0.1) is 16.4 Å². The lowest BCUT2D eigenvalue weighted by Crippen LogP contribution is -2.07. The van der Waals surface area contributed by atoms with Crippen molar-refractivity contribution >= 4 is 23.0 Å². The second kappa shape index (κ2) is 6.53. The van der Waals surface area contributed by atoms with Crippen LogP contribution in [0.15, 0.2) is 18.2 Å². The summed E-state index contributed by atoms with van der Waals surface area (Å²) in [7, 11) is 0. The maximum atomic E-state index is 6.00. The first kappa shape index (κ1) is 12.1. The largest absolute Gasteiger partial charge is 0.397 e. The van der Waals surface area contributed by atoms with Crippen molar-refractivity contribution in [2.24, 2.45) is 0 Å². The Hall–Kier alpha value is -0.930. The second-order valence-electron chi connectivity index (χ2n) is 3.18. The van der Waals surface area contributed by atoms with Crippen LogP contribution in [0.4, 0.5) is 11.4 Å². The molecule has 1 aromatic rings. The van der Waals surface area contributed by atoms with Crippen molar-refractivity contribution in [2.75, 3.05) is 30.8 Å². The zero-order valence-electron chi connectivity index (χ0n) is 8.92. The maximum absolute atomic E-state index is 6.00. The van der Waals surface area contributed by atoms with Gasteiger partial charge in [-0.1, -0.05) is 17.7 Å². The van der Waals surface area contributed by atoms with Gasteiger partial charge >= 0.3 is 0 Å². The fourth-order valence-corrected chi connectivity index (χ4v) is 1.51. The molecular weight excluding hydrogens is 212 g/mol. The Labute approximate surface area is 95.6 Å². The molecular formula is C11H17ClN2O. The third kappa shape index (κ3) is 3.98. The maximum Gasteiger partial charge on any atom is 0.0763 e. The summed E-state index contributed by atoms with van der Waals surface area (Å²) in [5.74, 6) is 0. The SMILES string of the molecule is CCOCCCNc1c(N)cccc1Cl. The molecule has 0 fully saturated rings. The molecule has 0 heterocycles. The molecule has 0 aliphatic carbocycles. The molecule has 0 atom stereocenters. The van der Waals surface area contributed by atoms with Crippen molar-refractivity contribution in [2.45, 2.75) is 13.3 Å². The Morgan fingerprint density at radius 3 is 2.93 bits per heavy atom. The molecule has 0 radical (unpaired) electrons. The van der Waals surface area contributed by atoms with Crippen molar-refractivity contribution in [3.63, 3.8) is 0 Å². The predicted octanol–water partition coefficient (Wildman–Crippen LogP) is 2.76. The first-order valence-corrected chi connectivity index (χ1v) is 5.49. The number of nitrogen functional groups attached to an aromatic ring is 1. The Balaban J connectivity index is 2.37. The molecule has 0 saturated carbocycles. The fraction of sp³-hybridized carbons (Fsp3) is 0.455. The minimum Gasteiger partial charge on any atom is -0.397 e. The number of nitrogens with one attached hydrogen (secondary N) is 1. The molecule has 15 heavy (non-hydrogen) atoms. The molecule has 0 amide bonds. The molecule has 0 aromatic heterocycles. The van der Waals surface area contributed by atoms with Crippen LogP contribution in [0, 0.1) is 0 Å². The highest BCUT2D eigenvalue weighted by Gasteiger charge is 2.02. The van der Waals surface area contributed by atoms with Gasteiger partial charge in [0.1, 0.15) is 0 Å². The van der Waals surface area contributed by atoms with Gasteiger partial charge in [0.2, 0.25) is 0 Å². The minimum atomic E-state index is 0.659. The third-order valence-corrected chi connectivity index (χ3v) is 2.33. The Morgan fingerprint density at radius 2 is 2.27 bits per heavy atom. The molecule has 84 valence electrons. The van der Waals surface area contributed by atoms with Crippen LogP contribution < -0.4 is 11.1 Å². The highest BCUT2D eigenvalue weighted by Crippen LogP contribution is 2.27. The van der Waals surface area contributed by atoms with Gasteiger partial charge in [-0.2, -0.15) is 0 Å². The highest BCUT2D eigenvalue weighted by atomic mass is 35.5. The lowest BCUT2D eigenvalue weighted by molar-refractivity contribution is 0.147. The highest BCUT2D eigenvalue weighted by molar-refractivity contribution is 6.33. The molecule has 4 heteroatoms. The van der Waals surface area contributed by atoms with E-state index in [1.54, 1.807) is 0 Å². The van der Waals surface area contributed by atoms with E-state index in [1.807, 2.05) is 25.1 Å². The van der Waals surface area contributed by atoms with Crippen LogP contribution in [-0.2, 0) is 4.74 Å². The third-order valence-electron chi connectivity index (χ3n) is 2.02. The fourth-order valence-electron chi connectivity index (χ4n) is 1.26. The number of benzene rings is 1. The van der Waals surface area contributed by atoms with Crippen molar-refractivity contribution < 1.29 is 4.74 Å². The zero-order chi connectivity index (χ0) is 11.1. The summed E-state index contributed by atoms with van der Waals surface area (Å²) >= 11 is 6.00. The van der Waals surface area contributed by atoms with Crippen LogP contribution in [-0.4, -0.2) is 19.8 Å². The van der Waals surface area contributed by atoms with Crippen LogP contribution in [0.5, 0.6) is 0 Å². The lowest BCUT2D eigenvalue weighted by atomic mass is 10.2. The van der Waals surface area contributed by atoms with Gasteiger partial charge < -0.3 is 15.8 Å². The van der Waals surface area contributed by atoms with Crippen molar-refractivity contribution in [3.8, 4) is 0 Å². The summed E-state index contributed by atoms with van der Waals surface area (Å²) in [6, 6.07) is 5.49. The van der Waals surface area contributed by atoms with Crippen LogP contribution in [0.1, 0.15) is 13.3 Å². The Bertz CT molecular complexity index is 284. The predicted molar refractivity (Wildman–Crippen MR) is 65.5 cm³/mol. The van der Waals surface area contributed by atoms with E-state index in [0.717, 1.165) is 31.9 Å². The van der Waals surface area contributed by atoms with Gasteiger partial charge in [-0.05, 0) is 25.5 Å². The zero-order valence-corrected chi connectivity index (χ0v) is 9.68. The number of nitrogens with two attached hydrogens (primary N) is 1. The summed E-state index contributed by atoms with van der Waals surface area (Å²) in [6.45, 7) is 4.31. The van der Waals surface area contributed by atoms with Crippen LogP contribution >= 0.6 is 11.6 Å². The van der Waals surface area contributed by atoms with E-state index in [-0.39, 0.29) is 0 Å². The number of anilines is 2. The first-order valence-electron chi connectivity index (χ1n) is 5.11. The molecule has 0 aliphatic heterocycles. The Kier molecular flexibility index (Phi) is 5.29. The number of para-hydroxylation sites is 1. The number of ether oxygens (including phenoxy) is 1. The number of rotatable bonds is 6. The average molecular weight is 229 g/mol. The number of hydrogen-bond acceptors (Lipinski definition) is 3. The standard InChI is InChI=1S/C11H17ClN2O/c1-2-15-8-4-7-14-11-9(12)5-3-6-10(11)13/h3,5-6,14H,2,4,7-8,13H2,1H3. The topological polar surface area (TPSA) is 47.3 Å². The molecule has 0 unspecified atom stereocenters. The molecule has 1 rings (SSSR count). The smallest absolute Gasteiger partial charge is 0.0763 e. The van der Waals surface area contributed by atoms with Gasteiger partial charge in [0.15, 0.2) is 0 Å². The van der Waals surface area contributed by atoms with E-state index in [2.05, 4.69) is 5.32 Å². The van der Waals surface area contributed by atoms with E-state index in [0.29, 0.717) is 10.7 Å². The van der Waals surface area contributed by atoms with Gasteiger partial charge in [0, 0.05) is 19.8 Å². The van der Waals surface area contributed by atoms with E-state index >= 15 is 0 Å². The first-order chi connectivity index (χ1) is 7.25. The minimum absolute atomic E-state index is 0.659. The molecule has 0 saturated heterocycles. The molecule has 3 nitrogen and oxygen atoms in total. The van der Waals surface area contributed by atoms with Gasteiger partial charge in [-0.3, -0.25) is 0 Å². The average Bonchev–Trinajstić information content (AvgIpc) is 2.21. The number of halogens is 1. The van der Waals surface area contributed by atoms with Crippen LogP contribution in [0.3, 0.4) is 0 Å². The quantitative estimate of drug-likeness (QED) is 0.582. The summed E-state index contributed by atoms with van der Waals surface area (Å²) in [5, 5.41) is 3.86. The lowest BCUT2D eigenvalue weighted by Gasteiger charge is -2.10. The summed E-state index contributed by atoms with van der Waals surface area (Å²) in [6.07, 6.45) is 0.943. The van der Waals surface area contributed by atoms with Crippen molar-refractivity contribution in [1.82, 2.24) is 0 Å². The van der Waals surface area contributed by atoms with E-state index in [1.165, 1.54) is 0 Å². The second-order valence-corrected chi connectivity index (χ2v) is 3.59. The summed E-state index contributed by atoms with van der Waals surface area (Å²) in [5.41, 5.74) is 7.28. The molecule has 1 aromatic carbocycles. The number of hydrogen-bond donors (Lipinski definition) is 2. The van der Waals surface area contributed by atoms with Gasteiger partial charge in [-0.15, -0.1) is 0 Å². The van der Waals surface area contributed by atoms with Gasteiger partial charge in [0.25, 0.3) is 0 Å². The van der Waals surface area contributed by atoms with Crippen LogP contribution in [0.25, 0.3) is 0 Å². The molecule has 0 bridgehead atoms. The van der Waals surface area contributed by atoms with Crippen molar-refractivity contribution in [3.05, 3.63) is 23.2 Å². The normalized spacial score (nSPS) is 10.3. The van der Waals surface area contributed by atoms with E-state index in [9.17, 15) is 0 Å². The van der Waals surface area contributed by atoms with E-state index < -0.39 is 0 Å². The summed E-state index contributed by atoms with van der Waals surface area (Å²) < 4.78 is 5.23. The van der Waals surface area contributed by atoms with Gasteiger partial charge in [-0.25, -0.2) is 0 Å². The van der Waals surface area contributed by atoms with Crippen molar-refractivity contribution in [1.29, 1.82) is 0 Å². The monoisotopic (exact) mass is 228 g/mol. The van der Waals surface area contributed by atoms with Crippen LogP contribution in [0.2, 0.25) is 5.02 Å². The molecule has 3 N–H and O–H groups in total. The Morgan fingerprint density at radius 1 is 1.47 bits per heavy atom. The molecule has 0 spiro atoms. The van der Waals surface area contributed by atoms with E-state index in [4.69, 9.17) is 22.1 Å².